The summed E-state index contributed by atoms with van der Waals surface area (Å²) in [5, 5.41) is 8.52. The van der Waals surface area contributed by atoms with Crippen LogP contribution in [0.5, 0.6) is 5.75 Å². The minimum Gasteiger partial charge on any atom is -0.490 e. The maximum Gasteiger partial charge on any atom is 0.410 e. The lowest BCUT2D eigenvalue weighted by Gasteiger charge is -2.28. The fourth-order valence-electron chi connectivity index (χ4n) is 5.14. The van der Waals surface area contributed by atoms with Gasteiger partial charge in [0.05, 0.1) is 41.3 Å². The molecule has 0 saturated heterocycles. The maximum absolute atomic E-state index is 13.0. The first kappa shape index (κ1) is 24.6. The van der Waals surface area contributed by atoms with Crippen molar-refractivity contribution in [3.63, 3.8) is 0 Å². The zero-order valence-corrected chi connectivity index (χ0v) is 22.1. The van der Waals surface area contributed by atoms with E-state index >= 15 is 0 Å². The Morgan fingerprint density at radius 1 is 1.14 bits per heavy atom. The molecule has 0 spiro atoms. The first-order valence-electron chi connectivity index (χ1n) is 12.6. The van der Waals surface area contributed by atoms with Gasteiger partial charge in [0.15, 0.2) is 0 Å². The van der Waals surface area contributed by atoms with Crippen LogP contribution in [0.2, 0.25) is 5.02 Å². The van der Waals surface area contributed by atoms with Gasteiger partial charge in [-0.05, 0) is 82.7 Å². The monoisotopic (exact) mass is 508 g/mol. The molecule has 1 aromatic carbocycles. The highest BCUT2D eigenvalue weighted by Crippen LogP contribution is 2.42. The Morgan fingerprint density at radius 2 is 1.92 bits per heavy atom. The summed E-state index contributed by atoms with van der Waals surface area (Å²) in [6.07, 6.45) is 5.38. The van der Waals surface area contributed by atoms with Crippen molar-refractivity contribution in [3.8, 4) is 17.0 Å². The summed E-state index contributed by atoms with van der Waals surface area (Å²) in [5.74, 6) is 1.23. The average Bonchev–Trinajstić information content (AvgIpc) is 3.14. The summed E-state index contributed by atoms with van der Waals surface area (Å²) in [6, 6.07) is 10.1. The Bertz CT molecular complexity index is 1260. The van der Waals surface area contributed by atoms with Crippen LogP contribution in [-0.4, -0.2) is 37.9 Å². The molecule has 1 amide bonds. The smallest absolute Gasteiger partial charge is 0.410 e. The van der Waals surface area contributed by atoms with Crippen LogP contribution in [-0.2, 0) is 17.8 Å². The molecule has 8 heteroatoms. The number of H-pyrrole nitrogens is 1. The van der Waals surface area contributed by atoms with Crippen LogP contribution in [0.3, 0.4) is 0 Å². The molecule has 1 fully saturated rings. The second-order valence-electron chi connectivity index (χ2n) is 10.9. The molecule has 3 aromatic rings. The number of hydrogen-bond donors (Lipinski definition) is 1. The van der Waals surface area contributed by atoms with Gasteiger partial charge in [-0.15, -0.1) is 0 Å². The highest BCUT2D eigenvalue weighted by molar-refractivity contribution is 6.30. The van der Waals surface area contributed by atoms with Crippen LogP contribution in [0.15, 0.2) is 36.5 Å². The molecule has 190 valence electrons. The van der Waals surface area contributed by atoms with Crippen molar-refractivity contribution in [1.29, 1.82) is 0 Å². The number of halogens is 1. The van der Waals surface area contributed by atoms with E-state index in [-0.39, 0.29) is 12.2 Å². The Hall–Kier alpha value is -3.06. The zero-order valence-electron chi connectivity index (χ0n) is 21.3. The molecule has 1 aliphatic heterocycles. The van der Waals surface area contributed by atoms with Crippen molar-refractivity contribution in [2.45, 2.75) is 84.1 Å². The number of hydrogen-bond acceptors (Lipinski definition) is 5. The van der Waals surface area contributed by atoms with Gasteiger partial charge in [0.1, 0.15) is 11.4 Å². The topological polar surface area (TPSA) is 80.3 Å². The molecule has 0 radical (unpaired) electrons. The number of amides is 1. The van der Waals surface area contributed by atoms with Crippen LogP contribution in [0.4, 0.5) is 4.79 Å². The summed E-state index contributed by atoms with van der Waals surface area (Å²) >= 11 is 6.31. The number of pyridine rings is 1. The summed E-state index contributed by atoms with van der Waals surface area (Å²) in [5.41, 5.74) is 5.24. The minimum absolute atomic E-state index is 0.201. The minimum atomic E-state index is -0.583. The van der Waals surface area contributed by atoms with Crippen molar-refractivity contribution in [2.75, 3.05) is 0 Å². The van der Waals surface area contributed by atoms with Crippen molar-refractivity contribution >= 4 is 17.7 Å². The molecule has 7 nitrogen and oxygen atoms in total. The van der Waals surface area contributed by atoms with Gasteiger partial charge >= 0.3 is 6.09 Å². The number of aromatic amines is 1. The SMILES string of the molecule is Cc1cccc(OC2CCC(c3n[nH]c4c3-c3ncc(Cl)cc3CN(C(=O)OC(C)(C)C)C4)CC2)c1. The highest BCUT2D eigenvalue weighted by atomic mass is 35.5. The predicted octanol–water partition coefficient (Wildman–Crippen LogP) is 6.79. The Labute approximate surface area is 217 Å². The van der Waals surface area contributed by atoms with Gasteiger partial charge in [0.25, 0.3) is 0 Å². The third-order valence-corrected chi connectivity index (χ3v) is 6.96. The number of nitrogens with zero attached hydrogens (tertiary/aromatic N) is 3. The lowest BCUT2D eigenvalue weighted by molar-refractivity contribution is 0.0216. The predicted molar refractivity (Wildman–Crippen MR) is 139 cm³/mol. The van der Waals surface area contributed by atoms with Gasteiger partial charge in [-0.1, -0.05) is 23.7 Å². The van der Waals surface area contributed by atoms with E-state index in [0.717, 1.165) is 59.6 Å². The van der Waals surface area contributed by atoms with Gasteiger partial charge in [-0.3, -0.25) is 15.0 Å². The maximum atomic E-state index is 13.0. The molecule has 36 heavy (non-hydrogen) atoms. The lowest BCUT2D eigenvalue weighted by atomic mass is 9.83. The molecule has 1 aliphatic carbocycles. The van der Waals surface area contributed by atoms with Crippen LogP contribution in [0.1, 0.15) is 74.9 Å². The van der Waals surface area contributed by atoms with Crippen molar-refractivity contribution < 1.29 is 14.3 Å². The molecule has 1 saturated carbocycles. The molecule has 5 rings (SSSR count). The van der Waals surface area contributed by atoms with E-state index in [2.05, 4.69) is 24.2 Å². The number of aryl methyl sites for hydroxylation is 1. The summed E-state index contributed by atoms with van der Waals surface area (Å²) in [4.78, 5) is 19.4. The van der Waals surface area contributed by atoms with Crippen LogP contribution in [0.25, 0.3) is 11.3 Å². The van der Waals surface area contributed by atoms with Crippen LogP contribution in [0, 0.1) is 6.92 Å². The molecule has 1 N–H and O–H groups in total. The Balaban J connectivity index is 1.38. The highest BCUT2D eigenvalue weighted by Gasteiger charge is 2.34. The molecule has 2 aromatic heterocycles. The largest absolute Gasteiger partial charge is 0.490 e. The van der Waals surface area contributed by atoms with Crippen molar-refractivity contribution in [1.82, 2.24) is 20.1 Å². The van der Waals surface area contributed by atoms with Crippen LogP contribution >= 0.6 is 11.6 Å². The third kappa shape index (κ3) is 5.36. The summed E-state index contributed by atoms with van der Waals surface area (Å²) in [6.45, 7) is 8.43. The van der Waals surface area contributed by atoms with Gasteiger partial charge in [0, 0.05) is 17.7 Å². The van der Waals surface area contributed by atoms with Crippen molar-refractivity contribution in [2.24, 2.45) is 0 Å². The number of nitrogens with one attached hydrogen (secondary N) is 1. The number of ether oxygens (including phenoxy) is 2. The molecule has 2 aliphatic rings. The standard InChI is InChI=1S/C28H33ClN4O3/c1-17-6-5-7-22(12-17)35-21-10-8-18(9-11-21)26-24-23(31-32-26)16-33(27(34)36-28(2,3)4)15-19-13-20(29)14-30-25(19)24/h5-7,12-14,18,21H,8-11,15-16H2,1-4H3,(H,31,32). The Kier molecular flexibility index (Phi) is 6.68. The number of carbonyl (C=O) groups is 1. The fraction of sp³-hybridized carbons (Fsp3) is 0.464. The van der Waals surface area contributed by atoms with Gasteiger partial charge in [0.2, 0.25) is 0 Å². The number of benzene rings is 1. The normalized spacial score (nSPS) is 19.8. The zero-order chi connectivity index (χ0) is 25.4. The second-order valence-corrected chi connectivity index (χ2v) is 11.3. The lowest BCUT2D eigenvalue weighted by Crippen LogP contribution is -2.35. The number of aromatic nitrogens is 3. The summed E-state index contributed by atoms with van der Waals surface area (Å²) < 4.78 is 11.9. The first-order chi connectivity index (χ1) is 17.2. The first-order valence-corrected chi connectivity index (χ1v) is 13.0. The molecule has 3 heterocycles. The van der Waals surface area contributed by atoms with E-state index in [1.54, 1.807) is 11.1 Å². The number of fused-ring (bicyclic) bond motifs is 3. The number of carbonyl (C=O) groups excluding carboxylic acids is 1. The second kappa shape index (κ2) is 9.77. The molecular weight excluding hydrogens is 476 g/mol. The molecular formula is C28H33ClN4O3. The van der Waals surface area contributed by atoms with E-state index in [9.17, 15) is 4.79 Å². The quantitative estimate of drug-likeness (QED) is 0.421. The third-order valence-electron chi connectivity index (χ3n) is 6.75. The molecule has 0 unspecified atom stereocenters. The van der Waals surface area contributed by atoms with Gasteiger partial charge in [-0.25, -0.2) is 4.79 Å². The summed E-state index contributed by atoms with van der Waals surface area (Å²) in [7, 11) is 0. The average molecular weight is 509 g/mol. The van der Waals surface area contributed by atoms with Gasteiger partial charge < -0.3 is 9.47 Å². The van der Waals surface area contributed by atoms with Gasteiger partial charge in [-0.2, -0.15) is 5.10 Å². The van der Waals surface area contributed by atoms with E-state index < -0.39 is 5.60 Å². The van der Waals surface area contributed by atoms with E-state index in [4.69, 9.17) is 31.2 Å². The van der Waals surface area contributed by atoms with Crippen LogP contribution < -0.4 is 4.74 Å². The molecule has 0 atom stereocenters. The van der Waals surface area contributed by atoms with Crippen molar-refractivity contribution in [3.05, 3.63) is 64.1 Å². The Morgan fingerprint density at radius 3 is 2.64 bits per heavy atom. The molecule has 0 bridgehead atoms. The van der Waals surface area contributed by atoms with E-state index in [1.165, 1.54) is 5.56 Å². The number of rotatable bonds is 3. The van der Waals surface area contributed by atoms with E-state index in [1.807, 2.05) is 39.0 Å². The van der Waals surface area contributed by atoms with E-state index in [0.29, 0.717) is 24.0 Å². The fourth-order valence-corrected chi connectivity index (χ4v) is 5.32.